The van der Waals surface area contributed by atoms with E-state index < -0.39 is 6.36 Å². The molecular weight excluding hydrogens is 383 g/mol. The summed E-state index contributed by atoms with van der Waals surface area (Å²) in [6.07, 6.45) is 0.885. The van der Waals surface area contributed by atoms with Gasteiger partial charge >= 0.3 is 0 Å². The Hall–Kier alpha value is -3.68. The molecule has 1 atom stereocenters. The molecule has 0 saturated heterocycles. The highest BCUT2D eigenvalue weighted by Crippen LogP contribution is 2.41. The fourth-order valence-electron chi connectivity index (χ4n) is 3.46. The third kappa shape index (κ3) is 3.63. The second-order valence-corrected chi connectivity index (χ2v) is 7.35. The molecule has 0 bridgehead atoms. The van der Waals surface area contributed by atoms with E-state index >= 15 is 0 Å². The fourth-order valence-corrected chi connectivity index (χ4v) is 3.46. The smallest absolute Gasteiger partial charge is 0.235 e. The summed E-state index contributed by atoms with van der Waals surface area (Å²) in [4.78, 5) is 13.8. The summed E-state index contributed by atoms with van der Waals surface area (Å²) in [6, 6.07) is 16.7. The molecule has 1 aliphatic carbocycles. The van der Waals surface area contributed by atoms with Crippen LogP contribution in [-0.2, 0) is 0 Å². The lowest BCUT2D eigenvalue weighted by molar-refractivity contribution is 0.0861. The molecule has 1 aliphatic rings. The highest BCUT2D eigenvalue weighted by molar-refractivity contribution is 5.78. The van der Waals surface area contributed by atoms with E-state index in [1.165, 1.54) is 6.92 Å². The molecule has 5 rings (SSSR count). The number of fused-ring (bicyclic) bond motifs is 1. The first-order chi connectivity index (χ1) is 14.6. The number of nitrogens with one attached hydrogen (secondary N) is 1. The van der Waals surface area contributed by atoms with Crippen molar-refractivity contribution in [3.63, 3.8) is 0 Å². The molecule has 1 unspecified atom stereocenters. The molecule has 4 aromatic rings. The van der Waals surface area contributed by atoms with Gasteiger partial charge < -0.3 is 15.8 Å². The number of para-hydroxylation sites is 2. The molecule has 2 heterocycles. The minimum atomic E-state index is -1.37. The molecule has 30 heavy (non-hydrogen) atoms. The number of hydrogen-bond donors (Lipinski definition) is 2. The summed E-state index contributed by atoms with van der Waals surface area (Å²) in [7, 11) is 0. The van der Waals surface area contributed by atoms with Gasteiger partial charge in [-0.15, -0.1) is 0 Å². The van der Waals surface area contributed by atoms with Crippen molar-refractivity contribution >= 4 is 28.5 Å². The third-order valence-corrected chi connectivity index (χ3v) is 4.90. The third-order valence-electron chi connectivity index (χ3n) is 4.90. The minimum absolute atomic E-state index is 0.355. The zero-order valence-electron chi connectivity index (χ0n) is 16.4. The number of aromatic nitrogens is 4. The van der Waals surface area contributed by atoms with Crippen LogP contribution in [0.4, 0.5) is 21.8 Å². The van der Waals surface area contributed by atoms with Gasteiger partial charge in [0.2, 0.25) is 12.3 Å². The van der Waals surface area contributed by atoms with Crippen molar-refractivity contribution < 1.29 is 9.13 Å². The number of hydrogen-bond acceptors (Lipinski definition) is 6. The van der Waals surface area contributed by atoms with Gasteiger partial charge in [0.1, 0.15) is 23.2 Å². The Balaban J connectivity index is 1.50. The number of halogens is 1. The van der Waals surface area contributed by atoms with Gasteiger partial charge in [0.25, 0.3) is 0 Å². The Bertz CT molecular complexity index is 1200. The zero-order valence-corrected chi connectivity index (χ0v) is 16.4. The van der Waals surface area contributed by atoms with Crippen LogP contribution < -0.4 is 15.8 Å². The molecule has 2 aromatic carbocycles. The Labute approximate surface area is 172 Å². The minimum Gasteiger partial charge on any atom is -0.461 e. The standard InChI is InChI=1S/C22H21FN6O/c1-13(23)30-16-10-8-15(9-11-16)25-22-27-19(24)12-20(28-22)29-18-5-3-2-4-17(18)26-21(29)14-6-7-14/h2-5,8-14H,6-7H2,1H3,(H3,24,25,27,28). The number of nitrogens with two attached hydrogens (primary N) is 1. The first-order valence-corrected chi connectivity index (χ1v) is 9.87. The molecule has 1 saturated carbocycles. The Morgan fingerprint density at radius 1 is 1.10 bits per heavy atom. The van der Waals surface area contributed by atoms with Gasteiger partial charge in [-0.3, -0.25) is 4.57 Å². The predicted octanol–water partition coefficient (Wildman–Crippen LogP) is 4.71. The van der Waals surface area contributed by atoms with Gasteiger partial charge in [0.15, 0.2) is 0 Å². The summed E-state index contributed by atoms with van der Waals surface area (Å²) in [5, 5.41) is 3.15. The molecule has 152 valence electrons. The van der Waals surface area contributed by atoms with E-state index in [4.69, 9.17) is 20.4 Å². The fraction of sp³-hybridized carbons (Fsp3) is 0.227. The number of alkyl halides is 1. The lowest BCUT2D eigenvalue weighted by atomic mass is 10.3. The first-order valence-electron chi connectivity index (χ1n) is 9.87. The normalized spacial score (nSPS) is 14.6. The monoisotopic (exact) mass is 404 g/mol. The number of imidazole rings is 1. The molecule has 0 aliphatic heterocycles. The van der Waals surface area contributed by atoms with Crippen molar-refractivity contribution in [1.29, 1.82) is 0 Å². The van der Waals surface area contributed by atoms with Crippen molar-refractivity contribution in [3.05, 3.63) is 60.4 Å². The van der Waals surface area contributed by atoms with E-state index in [0.29, 0.717) is 29.3 Å². The van der Waals surface area contributed by atoms with Crippen LogP contribution in [-0.4, -0.2) is 25.9 Å². The van der Waals surface area contributed by atoms with E-state index in [2.05, 4.69) is 14.9 Å². The maximum Gasteiger partial charge on any atom is 0.235 e. The number of nitrogen functional groups attached to an aromatic ring is 1. The number of rotatable bonds is 6. The number of ether oxygens (including phenoxy) is 1. The average Bonchev–Trinajstić information content (AvgIpc) is 3.48. The number of benzene rings is 2. The SMILES string of the molecule is CC(F)Oc1ccc(Nc2nc(N)cc(-n3c(C4CC4)nc4ccccc43)n2)cc1. The largest absolute Gasteiger partial charge is 0.461 e. The molecule has 0 spiro atoms. The maximum absolute atomic E-state index is 13.0. The average molecular weight is 404 g/mol. The molecule has 3 N–H and O–H groups in total. The van der Waals surface area contributed by atoms with Crippen LogP contribution in [0, 0.1) is 0 Å². The molecule has 2 aromatic heterocycles. The predicted molar refractivity (Wildman–Crippen MR) is 114 cm³/mol. The number of nitrogens with zero attached hydrogens (tertiary/aromatic N) is 4. The Morgan fingerprint density at radius 2 is 1.87 bits per heavy atom. The lowest BCUT2D eigenvalue weighted by Crippen LogP contribution is -2.08. The Kier molecular flexibility index (Phi) is 4.46. The highest BCUT2D eigenvalue weighted by Gasteiger charge is 2.30. The molecule has 0 amide bonds. The van der Waals surface area contributed by atoms with Crippen molar-refractivity contribution in [3.8, 4) is 11.6 Å². The van der Waals surface area contributed by atoms with Crippen molar-refractivity contribution in [1.82, 2.24) is 19.5 Å². The van der Waals surface area contributed by atoms with Crippen LogP contribution in [0.5, 0.6) is 5.75 Å². The number of anilines is 3. The maximum atomic E-state index is 13.0. The van der Waals surface area contributed by atoms with Crippen molar-refractivity contribution in [2.45, 2.75) is 32.0 Å². The van der Waals surface area contributed by atoms with Gasteiger partial charge in [0.05, 0.1) is 11.0 Å². The summed E-state index contributed by atoms with van der Waals surface area (Å²) < 4.78 is 20.1. The van der Waals surface area contributed by atoms with Gasteiger partial charge in [-0.05, 0) is 49.2 Å². The summed E-state index contributed by atoms with van der Waals surface area (Å²) in [6.45, 7) is 1.34. The van der Waals surface area contributed by atoms with Gasteiger partial charge in [-0.1, -0.05) is 12.1 Å². The zero-order chi connectivity index (χ0) is 20.7. The summed E-state index contributed by atoms with van der Waals surface area (Å²) >= 11 is 0. The van der Waals surface area contributed by atoms with Crippen LogP contribution in [0.1, 0.15) is 31.5 Å². The summed E-state index contributed by atoms with van der Waals surface area (Å²) in [5.41, 5.74) is 8.76. The van der Waals surface area contributed by atoms with Crippen LogP contribution in [0.3, 0.4) is 0 Å². The van der Waals surface area contributed by atoms with Gasteiger partial charge in [-0.2, -0.15) is 9.97 Å². The lowest BCUT2D eigenvalue weighted by Gasteiger charge is -2.12. The first kappa shape index (κ1) is 18.4. The molecule has 8 heteroatoms. The second-order valence-electron chi connectivity index (χ2n) is 7.35. The molecule has 7 nitrogen and oxygen atoms in total. The van der Waals surface area contributed by atoms with Crippen molar-refractivity contribution in [2.24, 2.45) is 0 Å². The van der Waals surface area contributed by atoms with E-state index in [1.807, 2.05) is 24.3 Å². The summed E-state index contributed by atoms with van der Waals surface area (Å²) in [5.74, 6) is 3.29. The van der Waals surface area contributed by atoms with E-state index in [0.717, 1.165) is 35.4 Å². The Morgan fingerprint density at radius 3 is 2.60 bits per heavy atom. The van der Waals surface area contributed by atoms with Gasteiger partial charge in [-0.25, -0.2) is 9.37 Å². The van der Waals surface area contributed by atoms with Crippen molar-refractivity contribution in [2.75, 3.05) is 11.1 Å². The second kappa shape index (κ2) is 7.29. The van der Waals surface area contributed by atoms with Crippen LogP contribution in [0.25, 0.3) is 16.9 Å². The molecule has 0 radical (unpaired) electrons. The van der Waals surface area contributed by atoms with Crippen LogP contribution in [0.15, 0.2) is 54.6 Å². The quantitative estimate of drug-likeness (QED) is 0.483. The van der Waals surface area contributed by atoms with Crippen LogP contribution in [0.2, 0.25) is 0 Å². The van der Waals surface area contributed by atoms with Gasteiger partial charge in [0, 0.05) is 24.6 Å². The van der Waals surface area contributed by atoms with E-state index in [9.17, 15) is 4.39 Å². The van der Waals surface area contributed by atoms with E-state index in [-0.39, 0.29) is 0 Å². The van der Waals surface area contributed by atoms with Crippen LogP contribution >= 0.6 is 0 Å². The molecular formula is C22H21FN6O. The molecule has 1 fully saturated rings. The van der Waals surface area contributed by atoms with E-state index in [1.54, 1.807) is 30.3 Å². The topological polar surface area (TPSA) is 90.9 Å². The highest BCUT2D eigenvalue weighted by atomic mass is 19.1.